The van der Waals surface area contributed by atoms with Crippen LogP contribution in [0.2, 0.25) is 0 Å². The number of ether oxygens (including phenoxy) is 4. The largest absolute Gasteiger partial charge is 0.497 e. The van der Waals surface area contributed by atoms with Gasteiger partial charge in [0.2, 0.25) is 11.8 Å². The van der Waals surface area contributed by atoms with Crippen molar-refractivity contribution in [2.45, 2.75) is 76.5 Å². The molecule has 11 nitrogen and oxygen atoms in total. The third-order valence-electron chi connectivity index (χ3n) is 8.18. The predicted octanol–water partition coefficient (Wildman–Crippen LogP) is 4.48. The van der Waals surface area contributed by atoms with Crippen molar-refractivity contribution in [3.05, 3.63) is 56.7 Å². The summed E-state index contributed by atoms with van der Waals surface area (Å²) >= 11 is 2.02. The van der Waals surface area contributed by atoms with Crippen LogP contribution >= 0.6 is 22.6 Å². The van der Waals surface area contributed by atoms with Gasteiger partial charge in [0.1, 0.15) is 30.0 Å². The van der Waals surface area contributed by atoms with Crippen LogP contribution in [0.1, 0.15) is 67.8 Å². The fraction of sp³-hybridized carbons (Fsp3) is 0.514. The predicted molar refractivity (Wildman–Crippen MR) is 186 cm³/mol. The number of carbonyl (C=O) groups excluding carboxylic acids is 3. The number of aliphatic hydroxyl groups is 2. The van der Waals surface area contributed by atoms with Gasteiger partial charge in [-0.2, -0.15) is 0 Å². The Morgan fingerprint density at radius 3 is 2.45 bits per heavy atom. The maximum Gasteiger partial charge on any atom is 0.247 e. The third kappa shape index (κ3) is 10.6. The number of carbonyl (C=O) groups is 3. The molecule has 0 spiro atoms. The Balaban J connectivity index is 2.01. The smallest absolute Gasteiger partial charge is 0.247 e. The lowest BCUT2D eigenvalue weighted by atomic mass is 9.87. The first kappa shape index (κ1) is 38.1. The van der Waals surface area contributed by atoms with Crippen LogP contribution < -0.4 is 24.3 Å². The minimum Gasteiger partial charge on any atom is -0.497 e. The molecule has 3 rings (SSSR count). The molecule has 0 fully saturated rings. The van der Waals surface area contributed by atoms with E-state index in [0.717, 1.165) is 31.2 Å². The summed E-state index contributed by atoms with van der Waals surface area (Å²) in [6, 6.07) is 7.83. The molecular formula is C35H47IN2O9. The van der Waals surface area contributed by atoms with E-state index in [0.29, 0.717) is 57.5 Å². The van der Waals surface area contributed by atoms with E-state index in [1.165, 1.54) is 13.2 Å². The first-order chi connectivity index (χ1) is 22.7. The molecule has 0 radical (unpaired) electrons. The normalized spacial score (nSPS) is 17.3. The monoisotopic (exact) mass is 766 g/mol. The van der Waals surface area contributed by atoms with Crippen LogP contribution in [0.4, 0.5) is 0 Å². The first-order valence-corrected chi connectivity index (χ1v) is 17.1. The maximum absolute atomic E-state index is 14.0. The Morgan fingerprint density at radius 1 is 1.04 bits per heavy atom. The molecule has 258 valence electrons. The maximum atomic E-state index is 14.0. The van der Waals surface area contributed by atoms with Crippen molar-refractivity contribution >= 4 is 40.7 Å². The van der Waals surface area contributed by atoms with Gasteiger partial charge in [-0.1, -0.05) is 32.6 Å². The molecule has 2 aromatic carbocycles. The van der Waals surface area contributed by atoms with Crippen LogP contribution in [0.25, 0.3) is 0 Å². The molecule has 0 aromatic heterocycles. The van der Waals surface area contributed by atoms with Crippen LogP contribution in [-0.4, -0.2) is 92.5 Å². The molecule has 0 bridgehead atoms. The molecule has 2 aromatic rings. The van der Waals surface area contributed by atoms with Gasteiger partial charge in [-0.05, 0) is 77.4 Å². The molecule has 3 unspecified atom stereocenters. The minimum absolute atomic E-state index is 0.0455. The van der Waals surface area contributed by atoms with Gasteiger partial charge in [-0.3, -0.25) is 14.4 Å². The highest BCUT2D eigenvalue weighted by atomic mass is 127. The van der Waals surface area contributed by atoms with Crippen LogP contribution in [-0.2, 0) is 16.0 Å². The number of benzene rings is 2. The second-order valence-electron chi connectivity index (χ2n) is 11.3. The zero-order chi connectivity index (χ0) is 34.3. The van der Waals surface area contributed by atoms with Crippen molar-refractivity contribution in [1.29, 1.82) is 0 Å². The Labute approximate surface area is 290 Å². The van der Waals surface area contributed by atoms with E-state index in [1.807, 2.05) is 34.7 Å². The molecule has 1 aliphatic rings. The third-order valence-corrected chi connectivity index (χ3v) is 8.98. The highest BCUT2D eigenvalue weighted by Crippen LogP contribution is 2.37. The van der Waals surface area contributed by atoms with Crippen molar-refractivity contribution in [2.24, 2.45) is 0 Å². The molecule has 3 N–H and O–H groups in total. The number of rotatable bonds is 19. The van der Waals surface area contributed by atoms with Gasteiger partial charge < -0.3 is 39.4 Å². The van der Waals surface area contributed by atoms with E-state index in [-0.39, 0.29) is 37.8 Å². The molecule has 0 saturated carbocycles. The lowest BCUT2D eigenvalue weighted by molar-refractivity contribution is -0.138. The number of amides is 2. The second-order valence-corrected chi connectivity index (χ2v) is 12.5. The number of halogens is 1. The summed E-state index contributed by atoms with van der Waals surface area (Å²) in [5.74, 6) is 1.32. The minimum atomic E-state index is -1.22. The van der Waals surface area contributed by atoms with Gasteiger partial charge in [0.25, 0.3) is 0 Å². The first-order valence-electron chi connectivity index (χ1n) is 16.0. The number of hydrogen-bond acceptors (Lipinski definition) is 9. The molecule has 2 amide bonds. The average Bonchev–Trinajstić information content (AvgIpc) is 3.08. The summed E-state index contributed by atoms with van der Waals surface area (Å²) in [5, 5.41) is 23.9. The number of aliphatic hydroxyl groups excluding tert-OH is 2. The van der Waals surface area contributed by atoms with Crippen molar-refractivity contribution in [2.75, 3.05) is 41.0 Å². The van der Waals surface area contributed by atoms with E-state index in [9.17, 15) is 24.6 Å². The van der Waals surface area contributed by atoms with Gasteiger partial charge in [0.15, 0.2) is 11.5 Å². The summed E-state index contributed by atoms with van der Waals surface area (Å²) in [6.07, 6.45) is 5.62. The van der Waals surface area contributed by atoms with Crippen molar-refractivity contribution in [1.82, 2.24) is 10.2 Å². The van der Waals surface area contributed by atoms with E-state index >= 15 is 0 Å². The van der Waals surface area contributed by atoms with E-state index in [1.54, 1.807) is 37.3 Å². The average molecular weight is 767 g/mol. The number of methoxy groups -OCH3 is 3. The SMILES string of the molecule is CCCCCCCC(=O)N(CCc1cc(OC)ccc1OC)C1CC(C(=O)NCCO)=CC(Oc2c(I)cc(C=O)cc2OC)C1O. The summed E-state index contributed by atoms with van der Waals surface area (Å²) in [6.45, 7) is 2.18. The molecule has 0 saturated heterocycles. The molecule has 1 aliphatic carbocycles. The molecular weight excluding hydrogens is 719 g/mol. The summed E-state index contributed by atoms with van der Waals surface area (Å²) < 4.78 is 23.4. The summed E-state index contributed by atoms with van der Waals surface area (Å²) in [5.41, 5.74) is 1.54. The van der Waals surface area contributed by atoms with Crippen LogP contribution in [0.3, 0.4) is 0 Å². The standard InChI is InChI=1S/C35H47IN2O9/c1-5-6-7-8-9-10-32(41)38(15-13-24-19-26(44-2)11-12-29(24)45-3)28-20-25(35(43)37-14-16-39)21-30(33(28)42)47-34-27(36)17-23(22-40)18-31(34)46-4/h11-12,17-19,21-22,28,30,33,39,42H,5-10,13-16,20H2,1-4H3,(H,37,43). The van der Waals surface area contributed by atoms with Crippen molar-refractivity contribution in [3.63, 3.8) is 0 Å². The quantitative estimate of drug-likeness (QED) is 0.107. The fourth-order valence-corrected chi connectivity index (χ4v) is 6.41. The zero-order valence-electron chi connectivity index (χ0n) is 27.6. The van der Waals surface area contributed by atoms with Gasteiger partial charge in [-0.15, -0.1) is 0 Å². The lowest BCUT2D eigenvalue weighted by Gasteiger charge is -2.41. The van der Waals surface area contributed by atoms with Gasteiger partial charge in [-0.25, -0.2) is 0 Å². The highest BCUT2D eigenvalue weighted by molar-refractivity contribution is 14.1. The summed E-state index contributed by atoms with van der Waals surface area (Å²) in [7, 11) is 4.61. The Morgan fingerprint density at radius 2 is 1.79 bits per heavy atom. The van der Waals surface area contributed by atoms with Crippen molar-refractivity contribution < 1.29 is 43.5 Å². The Bertz CT molecular complexity index is 1380. The number of unbranched alkanes of at least 4 members (excludes halogenated alkanes) is 4. The van der Waals surface area contributed by atoms with Gasteiger partial charge >= 0.3 is 0 Å². The van der Waals surface area contributed by atoms with Crippen LogP contribution in [0.15, 0.2) is 42.0 Å². The van der Waals surface area contributed by atoms with Crippen LogP contribution in [0, 0.1) is 3.57 Å². The number of nitrogens with one attached hydrogen (secondary N) is 1. The van der Waals surface area contributed by atoms with Crippen LogP contribution in [0.5, 0.6) is 23.0 Å². The van der Waals surface area contributed by atoms with Gasteiger partial charge in [0, 0.05) is 37.1 Å². The molecule has 12 heteroatoms. The van der Waals surface area contributed by atoms with Gasteiger partial charge in [0.05, 0.1) is 37.5 Å². The molecule has 3 atom stereocenters. The second kappa shape index (κ2) is 19.5. The van der Waals surface area contributed by atoms with E-state index in [4.69, 9.17) is 18.9 Å². The number of nitrogens with zero attached hydrogens (tertiary/aromatic N) is 1. The molecule has 47 heavy (non-hydrogen) atoms. The Hall–Kier alpha value is -3.36. The topological polar surface area (TPSA) is 144 Å². The molecule has 0 aliphatic heterocycles. The van der Waals surface area contributed by atoms with E-state index in [2.05, 4.69) is 12.2 Å². The zero-order valence-corrected chi connectivity index (χ0v) is 29.8. The highest BCUT2D eigenvalue weighted by Gasteiger charge is 2.40. The molecule has 0 heterocycles. The van der Waals surface area contributed by atoms with Crippen molar-refractivity contribution in [3.8, 4) is 23.0 Å². The fourth-order valence-electron chi connectivity index (χ4n) is 5.65. The Kier molecular flexibility index (Phi) is 15.8. The number of aldehydes is 1. The van der Waals surface area contributed by atoms with E-state index < -0.39 is 24.2 Å². The number of hydrogen-bond donors (Lipinski definition) is 3. The lowest BCUT2D eigenvalue weighted by Crippen LogP contribution is -2.55. The summed E-state index contributed by atoms with van der Waals surface area (Å²) in [4.78, 5) is 40.3.